The lowest BCUT2D eigenvalue weighted by Crippen LogP contribution is -2.39. The van der Waals surface area contributed by atoms with Crippen molar-refractivity contribution in [3.05, 3.63) is 0 Å². The fraction of sp³-hybridized carbons (Fsp3) is 0.882. The first kappa shape index (κ1) is 20.7. The Morgan fingerprint density at radius 3 is 2.83 bits per heavy atom. The molecule has 1 fully saturated rings. The number of guanidine groups is 1. The van der Waals surface area contributed by atoms with E-state index in [2.05, 4.69) is 34.5 Å². The summed E-state index contributed by atoms with van der Waals surface area (Å²) < 4.78 is 5.08. The molecule has 0 aliphatic carbocycles. The van der Waals surface area contributed by atoms with Crippen molar-refractivity contribution in [3.8, 4) is 0 Å². The van der Waals surface area contributed by atoms with E-state index in [1.165, 1.54) is 0 Å². The molecule has 140 valence electrons. The Labute approximate surface area is 146 Å². The Morgan fingerprint density at radius 1 is 1.33 bits per heavy atom. The molecule has 0 radical (unpaired) electrons. The SMILES string of the molecule is CCNC(=NCCCN1CCCC1=O)NCCCN(C)CCOC. The zero-order valence-corrected chi connectivity index (χ0v) is 15.6. The van der Waals surface area contributed by atoms with Crippen molar-refractivity contribution in [3.63, 3.8) is 0 Å². The number of likely N-dealkylation sites (tertiary alicyclic amines) is 1. The van der Waals surface area contributed by atoms with E-state index in [9.17, 15) is 4.79 Å². The third-order valence-electron chi connectivity index (χ3n) is 4.06. The minimum absolute atomic E-state index is 0.293. The van der Waals surface area contributed by atoms with Crippen LogP contribution in [0.4, 0.5) is 0 Å². The van der Waals surface area contributed by atoms with E-state index in [0.717, 1.165) is 77.6 Å². The molecule has 0 aromatic rings. The van der Waals surface area contributed by atoms with Gasteiger partial charge in [0.15, 0.2) is 5.96 Å². The standard InChI is InChI=1S/C17H35N5O2/c1-4-18-17(19-9-6-11-21(2)14-15-24-3)20-10-7-13-22-12-5-8-16(22)23/h4-15H2,1-3H3,(H2,18,19,20). The van der Waals surface area contributed by atoms with Gasteiger partial charge in [-0.05, 0) is 39.8 Å². The van der Waals surface area contributed by atoms with Crippen molar-refractivity contribution < 1.29 is 9.53 Å². The molecule has 7 heteroatoms. The van der Waals surface area contributed by atoms with Crippen LogP contribution in [0.1, 0.15) is 32.6 Å². The van der Waals surface area contributed by atoms with Crippen LogP contribution in [0.25, 0.3) is 0 Å². The van der Waals surface area contributed by atoms with E-state index < -0.39 is 0 Å². The molecule has 2 N–H and O–H groups in total. The maximum absolute atomic E-state index is 11.6. The molecule has 7 nitrogen and oxygen atoms in total. The number of ether oxygens (including phenoxy) is 1. The molecule has 0 atom stereocenters. The lowest BCUT2D eigenvalue weighted by atomic mass is 10.4. The minimum Gasteiger partial charge on any atom is -0.383 e. The fourth-order valence-electron chi connectivity index (χ4n) is 2.65. The number of aliphatic imine (C=N–C) groups is 1. The van der Waals surface area contributed by atoms with Crippen molar-refractivity contribution in [1.29, 1.82) is 0 Å². The van der Waals surface area contributed by atoms with Gasteiger partial charge in [-0.2, -0.15) is 0 Å². The number of rotatable bonds is 12. The first-order valence-electron chi connectivity index (χ1n) is 9.14. The van der Waals surface area contributed by atoms with Crippen molar-refractivity contribution in [2.24, 2.45) is 4.99 Å². The van der Waals surface area contributed by atoms with Crippen LogP contribution in [0.5, 0.6) is 0 Å². The van der Waals surface area contributed by atoms with Gasteiger partial charge in [-0.3, -0.25) is 9.79 Å². The van der Waals surface area contributed by atoms with Gasteiger partial charge < -0.3 is 25.2 Å². The van der Waals surface area contributed by atoms with Crippen molar-refractivity contribution in [1.82, 2.24) is 20.4 Å². The van der Waals surface area contributed by atoms with Gasteiger partial charge in [-0.25, -0.2) is 0 Å². The number of methoxy groups -OCH3 is 1. The van der Waals surface area contributed by atoms with Crippen LogP contribution in [0.3, 0.4) is 0 Å². The number of carbonyl (C=O) groups excluding carboxylic acids is 1. The first-order valence-corrected chi connectivity index (χ1v) is 9.14. The largest absolute Gasteiger partial charge is 0.383 e. The second-order valence-corrected chi connectivity index (χ2v) is 6.17. The molecule has 0 unspecified atom stereocenters. The molecular weight excluding hydrogens is 306 g/mol. The molecule has 1 saturated heterocycles. The summed E-state index contributed by atoms with van der Waals surface area (Å²) in [6.07, 6.45) is 3.70. The number of hydrogen-bond donors (Lipinski definition) is 2. The maximum atomic E-state index is 11.6. The summed E-state index contributed by atoms with van der Waals surface area (Å²) in [5.41, 5.74) is 0. The monoisotopic (exact) mass is 341 g/mol. The Balaban J connectivity index is 2.16. The van der Waals surface area contributed by atoms with Crippen LogP contribution in [0.15, 0.2) is 4.99 Å². The molecule has 0 aromatic heterocycles. The number of nitrogens with one attached hydrogen (secondary N) is 2. The predicted octanol–water partition coefficient (Wildman–Crippen LogP) is 0.522. The van der Waals surface area contributed by atoms with E-state index in [1.807, 2.05) is 4.90 Å². The lowest BCUT2D eigenvalue weighted by Gasteiger charge is -2.17. The zero-order chi connectivity index (χ0) is 17.6. The molecule has 1 amide bonds. The molecule has 0 saturated carbocycles. The van der Waals surface area contributed by atoms with Crippen LogP contribution in [0, 0.1) is 0 Å². The highest BCUT2D eigenvalue weighted by atomic mass is 16.5. The second-order valence-electron chi connectivity index (χ2n) is 6.17. The van der Waals surface area contributed by atoms with Gasteiger partial charge in [-0.15, -0.1) is 0 Å². The van der Waals surface area contributed by atoms with Crippen molar-refractivity contribution >= 4 is 11.9 Å². The summed E-state index contributed by atoms with van der Waals surface area (Å²) in [5, 5.41) is 6.64. The normalized spacial score (nSPS) is 15.4. The summed E-state index contributed by atoms with van der Waals surface area (Å²) in [6, 6.07) is 0. The molecule has 1 aliphatic heterocycles. The molecule has 24 heavy (non-hydrogen) atoms. The van der Waals surface area contributed by atoms with Gasteiger partial charge in [0.1, 0.15) is 0 Å². The molecule has 1 heterocycles. The summed E-state index contributed by atoms with van der Waals surface area (Å²) in [7, 11) is 3.84. The molecule has 0 spiro atoms. The van der Waals surface area contributed by atoms with Crippen LogP contribution < -0.4 is 10.6 Å². The highest BCUT2D eigenvalue weighted by Crippen LogP contribution is 2.09. The number of amides is 1. The van der Waals surface area contributed by atoms with Crippen LogP contribution in [-0.4, -0.2) is 88.2 Å². The topological polar surface area (TPSA) is 69.2 Å². The van der Waals surface area contributed by atoms with Gasteiger partial charge in [-0.1, -0.05) is 0 Å². The number of hydrogen-bond acceptors (Lipinski definition) is 4. The lowest BCUT2D eigenvalue weighted by molar-refractivity contribution is -0.127. The van der Waals surface area contributed by atoms with E-state index in [-0.39, 0.29) is 0 Å². The molecule has 1 rings (SSSR count). The summed E-state index contributed by atoms with van der Waals surface area (Å²) >= 11 is 0. The summed E-state index contributed by atoms with van der Waals surface area (Å²) in [6.45, 7) is 9.06. The summed E-state index contributed by atoms with van der Waals surface area (Å²) in [5.74, 6) is 1.16. The van der Waals surface area contributed by atoms with E-state index >= 15 is 0 Å². The van der Waals surface area contributed by atoms with Gasteiger partial charge in [0, 0.05) is 52.8 Å². The third-order valence-corrected chi connectivity index (χ3v) is 4.06. The second kappa shape index (κ2) is 13.0. The Bertz CT molecular complexity index is 376. The average molecular weight is 342 g/mol. The van der Waals surface area contributed by atoms with E-state index in [1.54, 1.807) is 7.11 Å². The Hall–Kier alpha value is -1.34. The first-order chi connectivity index (χ1) is 11.7. The van der Waals surface area contributed by atoms with Crippen LogP contribution in [0.2, 0.25) is 0 Å². The Kier molecular flexibility index (Phi) is 11.2. The van der Waals surface area contributed by atoms with E-state index in [4.69, 9.17) is 4.74 Å². The van der Waals surface area contributed by atoms with E-state index in [0.29, 0.717) is 12.3 Å². The fourth-order valence-corrected chi connectivity index (χ4v) is 2.65. The minimum atomic E-state index is 0.293. The van der Waals surface area contributed by atoms with Crippen molar-refractivity contribution in [2.45, 2.75) is 32.6 Å². The highest BCUT2D eigenvalue weighted by molar-refractivity contribution is 5.79. The predicted molar refractivity (Wildman–Crippen MR) is 98.4 cm³/mol. The molecular formula is C17H35N5O2. The van der Waals surface area contributed by atoms with Crippen LogP contribution >= 0.6 is 0 Å². The highest BCUT2D eigenvalue weighted by Gasteiger charge is 2.18. The van der Waals surface area contributed by atoms with Gasteiger partial charge >= 0.3 is 0 Å². The number of carbonyl (C=O) groups is 1. The average Bonchev–Trinajstić information content (AvgIpc) is 2.98. The molecule has 0 aromatic carbocycles. The van der Waals surface area contributed by atoms with Crippen LogP contribution in [-0.2, 0) is 9.53 Å². The van der Waals surface area contributed by atoms with Gasteiger partial charge in [0.2, 0.25) is 5.91 Å². The number of likely N-dealkylation sites (N-methyl/N-ethyl adjacent to an activating group) is 1. The van der Waals surface area contributed by atoms with Gasteiger partial charge in [0.25, 0.3) is 0 Å². The third kappa shape index (κ3) is 9.08. The van der Waals surface area contributed by atoms with Crippen molar-refractivity contribution in [2.75, 3.05) is 66.6 Å². The quantitative estimate of drug-likeness (QED) is 0.308. The number of nitrogens with zero attached hydrogens (tertiary/aromatic N) is 3. The maximum Gasteiger partial charge on any atom is 0.222 e. The zero-order valence-electron chi connectivity index (χ0n) is 15.6. The molecule has 0 bridgehead atoms. The van der Waals surface area contributed by atoms with Gasteiger partial charge in [0.05, 0.1) is 6.61 Å². The molecule has 1 aliphatic rings. The Morgan fingerprint density at radius 2 is 2.17 bits per heavy atom. The smallest absolute Gasteiger partial charge is 0.222 e. The summed E-state index contributed by atoms with van der Waals surface area (Å²) in [4.78, 5) is 20.4.